The highest BCUT2D eigenvalue weighted by atomic mass is 32.2. The van der Waals surface area contributed by atoms with Gasteiger partial charge in [-0.05, 0) is 60.7 Å². The Morgan fingerprint density at radius 3 is 2.24 bits per heavy atom. The smallest absolute Gasteiger partial charge is 0.246 e. The van der Waals surface area contributed by atoms with Gasteiger partial charge in [0, 0.05) is 32.3 Å². The molecule has 0 radical (unpaired) electrons. The molecular formula is C26H31N3O3S. The zero-order chi connectivity index (χ0) is 23.7. The van der Waals surface area contributed by atoms with Gasteiger partial charge in [-0.15, -0.1) is 0 Å². The van der Waals surface area contributed by atoms with E-state index in [1.807, 2.05) is 19.1 Å². The Kier molecular flexibility index (Phi) is 8.81. The Bertz CT molecular complexity index is 1090. The fourth-order valence-electron chi connectivity index (χ4n) is 3.90. The number of carbonyl (C=O) groups excluding carboxylic acids is 1. The van der Waals surface area contributed by atoms with Gasteiger partial charge in [0.15, 0.2) is 0 Å². The lowest BCUT2D eigenvalue weighted by atomic mass is 10.1. The van der Waals surface area contributed by atoms with Gasteiger partial charge in [-0.25, -0.2) is 8.42 Å². The molecule has 0 saturated carbocycles. The number of carbonyl (C=O) groups is 1. The third-order valence-electron chi connectivity index (χ3n) is 5.76. The molecule has 174 valence electrons. The summed E-state index contributed by atoms with van der Waals surface area (Å²) in [5.74, 6) is -0.109. The van der Waals surface area contributed by atoms with Gasteiger partial charge in [-0.3, -0.25) is 4.79 Å². The molecule has 6 nitrogen and oxygen atoms in total. The predicted molar refractivity (Wildman–Crippen MR) is 130 cm³/mol. The summed E-state index contributed by atoms with van der Waals surface area (Å²) in [7, 11) is -3.48. The lowest BCUT2D eigenvalue weighted by Gasteiger charge is -2.21. The molecule has 2 aromatic carbocycles. The number of sulfonamides is 1. The van der Waals surface area contributed by atoms with Crippen molar-refractivity contribution < 1.29 is 13.2 Å². The van der Waals surface area contributed by atoms with Gasteiger partial charge >= 0.3 is 0 Å². The van der Waals surface area contributed by atoms with E-state index in [1.54, 1.807) is 51.7 Å². The van der Waals surface area contributed by atoms with Gasteiger partial charge in [0.2, 0.25) is 15.9 Å². The molecule has 3 rings (SSSR count). The van der Waals surface area contributed by atoms with Gasteiger partial charge in [-0.2, -0.15) is 9.57 Å². The molecule has 0 bridgehead atoms. The average Bonchev–Trinajstić information content (AvgIpc) is 3.13. The Balaban J connectivity index is 1.66. The quantitative estimate of drug-likeness (QED) is 0.535. The van der Waals surface area contributed by atoms with Crippen LogP contribution in [0.3, 0.4) is 0 Å². The molecule has 0 atom stereocenters. The van der Waals surface area contributed by atoms with Crippen LogP contribution in [0.25, 0.3) is 6.08 Å². The number of nitriles is 1. The maximum Gasteiger partial charge on any atom is 0.246 e. The molecule has 33 heavy (non-hydrogen) atoms. The van der Waals surface area contributed by atoms with E-state index in [-0.39, 0.29) is 5.91 Å². The highest BCUT2D eigenvalue weighted by Crippen LogP contribution is 2.21. The minimum absolute atomic E-state index is 0.109. The first-order valence-corrected chi connectivity index (χ1v) is 12.9. The second kappa shape index (κ2) is 11.8. The maximum atomic E-state index is 12.9. The third-order valence-corrected chi connectivity index (χ3v) is 7.68. The van der Waals surface area contributed by atoms with Crippen molar-refractivity contribution in [2.45, 2.75) is 50.5 Å². The predicted octanol–water partition coefficient (Wildman–Crippen LogP) is 4.57. The van der Waals surface area contributed by atoms with E-state index < -0.39 is 10.0 Å². The summed E-state index contributed by atoms with van der Waals surface area (Å²) in [6, 6.07) is 16.0. The maximum absolute atomic E-state index is 12.9. The molecule has 0 N–H and O–H groups in total. The molecule has 1 heterocycles. The number of nitrogens with zero attached hydrogens (tertiary/aromatic N) is 3. The van der Waals surface area contributed by atoms with Crippen molar-refractivity contribution in [3.05, 3.63) is 71.3 Å². The second-order valence-electron chi connectivity index (χ2n) is 8.29. The monoisotopic (exact) mass is 465 g/mol. The van der Waals surface area contributed by atoms with E-state index in [0.717, 1.165) is 43.2 Å². The number of rotatable bonds is 8. The number of benzene rings is 2. The highest BCUT2D eigenvalue weighted by molar-refractivity contribution is 7.89. The first-order chi connectivity index (χ1) is 15.9. The lowest BCUT2D eigenvalue weighted by Crippen LogP contribution is -2.31. The minimum Gasteiger partial charge on any atom is -0.335 e. The summed E-state index contributed by atoms with van der Waals surface area (Å²) in [6.07, 6.45) is 8.02. The van der Waals surface area contributed by atoms with Crippen molar-refractivity contribution in [2.75, 3.05) is 19.6 Å². The van der Waals surface area contributed by atoms with E-state index in [0.29, 0.717) is 36.6 Å². The summed E-state index contributed by atoms with van der Waals surface area (Å²) in [6.45, 7) is 4.26. The van der Waals surface area contributed by atoms with Crippen molar-refractivity contribution in [2.24, 2.45) is 0 Å². The molecule has 0 spiro atoms. The molecule has 0 aromatic heterocycles. The lowest BCUT2D eigenvalue weighted by molar-refractivity contribution is -0.126. The normalized spacial score (nSPS) is 15.2. The molecule has 1 amide bonds. The summed E-state index contributed by atoms with van der Waals surface area (Å²) >= 11 is 0. The van der Waals surface area contributed by atoms with Crippen LogP contribution < -0.4 is 0 Å². The van der Waals surface area contributed by atoms with E-state index >= 15 is 0 Å². The largest absolute Gasteiger partial charge is 0.335 e. The zero-order valence-corrected chi connectivity index (χ0v) is 19.9. The molecule has 2 aromatic rings. The molecular weight excluding hydrogens is 434 g/mol. The summed E-state index contributed by atoms with van der Waals surface area (Å²) in [5.41, 5.74) is 2.33. The highest BCUT2D eigenvalue weighted by Gasteiger charge is 2.24. The topological polar surface area (TPSA) is 81.5 Å². The van der Waals surface area contributed by atoms with Crippen LogP contribution in [0.1, 0.15) is 55.7 Å². The van der Waals surface area contributed by atoms with Gasteiger partial charge in [0.25, 0.3) is 0 Å². The van der Waals surface area contributed by atoms with Crippen molar-refractivity contribution in [3.63, 3.8) is 0 Å². The Labute approximate surface area is 197 Å². The molecule has 0 unspecified atom stereocenters. The van der Waals surface area contributed by atoms with Gasteiger partial charge in [0.1, 0.15) is 0 Å². The number of hydrogen-bond donors (Lipinski definition) is 0. The SMILES string of the molecule is CCCN(Cc1ccc(C#N)cc1)C(=O)/C=C/c1ccc(S(=O)(=O)N2CCCCCC2)cc1. The molecule has 1 fully saturated rings. The van der Waals surface area contributed by atoms with Crippen molar-refractivity contribution in [1.82, 2.24) is 9.21 Å². The first kappa shape index (κ1) is 24.7. The van der Waals surface area contributed by atoms with E-state index in [2.05, 4.69) is 6.07 Å². The summed E-state index contributed by atoms with van der Waals surface area (Å²) in [5, 5.41) is 8.94. The standard InChI is InChI=1S/C26H31N3O3S/c1-2-17-28(21-24-9-7-23(20-27)8-10-24)26(30)16-13-22-11-14-25(15-12-22)33(31,32)29-18-5-3-4-6-19-29/h7-16H,2-6,17-19,21H2,1H3/b16-13+. The van der Waals surface area contributed by atoms with Crippen LogP contribution in [0.15, 0.2) is 59.5 Å². The van der Waals surface area contributed by atoms with Gasteiger partial charge < -0.3 is 4.90 Å². The molecule has 7 heteroatoms. The van der Waals surface area contributed by atoms with Crippen LogP contribution >= 0.6 is 0 Å². The van der Waals surface area contributed by atoms with E-state index in [1.165, 1.54) is 6.08 Å². The third kappa shape index (κ3) is 6.77. The minimum atomic E-state index is -3.48. The molecule has 1 aliphatic heterocycles. The van der Waals surface area contributed by atoms with Gasteiger partial charge in [0.05, 0.1) is 16.5 Å². The number of amides is 1. The van der Waals surface area contributed by atoms with Crippen molar-refractivity contribution >= 4 is 22.0 Å². The Morgan fingerprint density at radius 1 is 1.03 bits per heavy atom. The van der Waals surface area contributed by atoms with E-state index in [9.17, 15) is 13.2 Å². The van der Waals surface area contributed by atoms with Crippen LogP contribution in [0.4, 0.5) is 0 Å². The summed E-state index contributed by atoms with van der Waals surface area (Å²) in [4.78, 5) is 14.8. The van der Waals surface area contributed by atoms with Crippen molar-refractivity contribution in [3.8, 4) is 6.07 Å². The van der Waals surface area contributed by atoms with Gasteiger partial charge in [-0.1, -0.05) is 44.0 Å². The number of hydrogen-bond acceptors (Lipinski definition) is 4. The van der Waals surface area contributed by atoms with Crippen LogP contribution in [0.5, 0.6) is 0 Å². The molecule has 0 aliphatic carbocycles. The fraction of sp³-hybridized carbons (Fsp3) is 0.385. The van der Waals surface area contributed by atoms with E-state index in [4.69, 9.17) is 5.26 Å². The Hall–Kier alpha value is -2.95. The zero-order valence-electron chi connectivity index (χ0n) is 19.1. The van der Waals surface area contributed by atoms with Crippen molar-refractivity contribution in [1.29, 1.82) is 5.26 Å². The summed E-state index contributed by atoms with van der Waals surface area (Å²) < 4.78 is 27.4. The van der Waals surface area contributed by atoms with Crippen LogP contribution in [0.2, 0.25) is 0 Å². The molecule has 1 aliphatic rings. The first-order valence-electron chi connectivity index (χ1n) is 11.5. The Morgan fingerprint density at radius 2 is 1.67 bits per heavy atom. The van der Waals surface area contributed by atoms with Crippen LogP contribution in [-0.2, 0) is 21.4 Å². The fourth-order valence-corrected chi connectivity index (χ4v) is 5.41. The molecule has 1 saturated heterocycles. The average molecular weight is 466 g/mol. The van der Waals surface area contributed by atoms with Crippen LogP contribution in [0, 0.1) is 11.3 Å². The van der Waals surface area contributed by atoms with Crippen LogP contribution in [-0.4, -0.2) is 43.2 Å². The second-order valence-corrected chi connectivity index (χ2v) is 10.2.